The summed E-state index contributed by atoms with van der Waals surface area (Å²) in [5.41, 5.74) is 2.03. The van der Waals surface area contributed by atoms with Gasteiger partial charge < -0.3 is 25.4 Å². The van der Waals surface area contributed by atoms with Crippen LogP contribution in [-0.4, -0.2) is 51.1 Å². The van der Waals surface area contributed by atoms with Crippen molar-refractivity contribution in [3.05, 3.63) is 66.7 Å². The number of nitrogens with one attached hydrogen (secondary N) is 4. The molecule has 40 heavy (non-hydrogen) atoms. The lowest BCUT2D eigenvalue weighted by Crippen LogP contribution is -2.27. The summed E-state index contributed by atoms with van der Waals surface area (Å²) in [5, 5.41) is 9.22. The number of ether oxygens (including phenoxy) is 2. The molecular weight excluding hydrogens is 532 g/mol. The topological polar surface area (TPSA) is 144 Å². The first-order valence-electron chi connectivity index (χ1n) is 12.8. The Labute approximate surface area is 232 Å². The van der Waals surface area contributed by atoms with Crippen LogP contribution in [0.25, 0.3) is 11.0 Å². The highest BCUT2D eigenvalue weighted by atomic mass is 32.2. The van der Waals surface area contributed by atoms with E-state index in [0.29, 0.717) is 40.3 Å². The molecule has 1 atom stereocenters. The molecule has 1 saturated heterocycles. The van der Waals surface area contributed by atoms with Crippen molar-refractivity contribution < 1.29 is 22.7 Å². The van der Waals surface area contributed by atoms with Gasteiger partial charge in [-0.1, -0.05) is 18.2 Å². The molecule has 1 aliphatic rings. The van der Waals surface area contributed by atoms with Crippen LogP contribution < -0.4 is 30.1 Å². The van der Waals surface area contributed by atoms with E-state index < -0.39 is 10.0 Å². The average Bonchev–Trinajstić information content (AvgIpc) is 3.46. The lowest BCUT2D eigenvalue weighted by molar-refractivity contribution is -0.116. The Balaban J connectivity index is 1.43. The van der Waals surface area contributed by atoms with Crippen LogP contribution in [0, 0.1) is 0 Å². The second kappa shape index (κ2) is 11.8. The lowest BCUT2D eigenvalue weighted by Gasteiger charge is -2.15. The van der Waals surface area contributed by atoms with Gasteiger partial charge in [0, 0.05) is 42.0 Å². The van der Waals surface area contributed by atoms with Crippen LogP contribution in [0.1, 0.15) is 19.3 Å². The minimum Gasteiger partial charge on any atom is -0.497 e. The predicted molar refractivity (Wildman–Crippen MR) is 154 cm³/mol. The third kappa shape index (κ3) is 6.41. The maximum Gasteiger partial charge on any atom is 0.263 e. The molecule has 4 aromatic rings. The molecule has 0 spiro atoms. The number of hydrogen-bond donors (Lipinski definition) is 4. The molecule has 5 rings (SSSR count). The molecule has 4 N–H and O–H groups in total. The number of rotatable bonds is 10. The SMILES string of the molecule is COc1cc(Nc2nc3ccccc3nc2NS(=O)(=O)c2cccc(NC(=O)C[C@H]3CCCN3)c2)cc(OC)c1. The van der Waals surface area contributed by atoms with Crippen LogP contribution in [0.4, 0.5) is 23.0 Å². The maximum absolute atomic E-state index is 13.5. The number of fused-ring (bicyclic) bond motifs is 1. The van der Waals surface area contributed by atoms with Crippen molar-refractivity contribution >= 4 is 50.0 Å². The van der Waals surface area contributed by atoms with E-state index >= 15 is 0 Å². The van der Waals surface area contributed by atoms with Gasteiger partial charge in [0.1, 0.15) is 11.5 Å². The molecule has 0 bridgehead atoms. The molecular formula is C28H30N6O5S. The molecule has 3 aromatic carbocycles. The molecule has 1 aliphatic heterocycles. The molecule has 0 aliphatic carbocycles. The van der Waals surface area contributed by atoms with E-state index in [2.05, 4.69) is 30.6 Å². The number of hydrogen-bond acceptors (Lipinski definition) is 9. The van der Waals surface area contributed by atoms with Crippen LogP contribution in [0.15, 0.2) is 71.6 Å². The first-order chi connectivity index (χ1) is 19.3. The van der Waals surface area contributed by atoms with Gasteiger partial charge in [-0.15, -0.1) is 0 Å². The highest BCUT2D eigenvalue weighted by molar-refractivity contribution is 7.92. The van der Waals surface area contributed by atoms with Crippen molar-refractivity contribution in [2.75, 3.05) is 36.1 Å². The smallest absolute Gasteiger partial charge is 0.263 e. The van der Waals surface area contributed by atoms with Gasteiger partial charge >= 0.3 is 0 Å². The number of aromatic nitrogens is 2. The van der Waals surface area contributed by atoms with Crippen molar-refractivity contribution in [1.29, 1.82) is 0 Å². The summed E-state index contributed by atoms with van der Waals surface area (Å²) < 4.78 is 40.2. The Morgan fingerprint density at radius 3 is 2.27 bits per heavy atom. The molecule has 11 nitrogen and oxygen atoms in total. The summed E-state index contributed by atoms with van der Waals surface area (Å²) in [6.07, 6.45) is 2.31. The Morgan fingerprint density at radius 1 is 0.925 bits per heavy atom. The zero-order valence-electron chi connectivity index (χ0n) is 22.1. The summed E-state index contributed by atoms with van der Waals surface area (Å²) in [6, 6.07) is 18.5. The van der Waals surface area contributed by atoms with E-state index in [0.717, 1.165) is 19.4 Å². The Bertz CT molecular complexity index is 1620. The number of amides is 1. The number of carbonyl (C=O) groups is 1. The van der Waals surface area contributed by atoms with Crippen LogP contribution in [0.5, 0.6) is 11.5 Å². The van der Waals surface area contributed by atoms with Gasteiger partial charge in [0.15, 0.2) is 11.6 Å². The number of methoxy groups -OCH3 is 2. The number of para-hydroxylation sites is 2. The minimum atomic E-state index is -4.11. The van der Waals surface area contributed by atoms with Crippen molar-refractivity contribution in [2.45, 2.75) is 30.2 Å². The zero-order valence-corrected chi connectivity index (χ0v) is 22.9. The molecule has 12 heteroatoms. The highest BCUT2D eigenvalue weighted by Gasteiger charge is 2.21. The summed E-state index contributed by atoms with van der Waals surface area (Å²) in [6.45, 7) is 0.900. The van der Waals surface area contributed by atoms with E-state index in [1.165, 1.54) is 26.4 Å². The molecule has 1 aromatic heterocycles. The fraction of sp³-hybridized carbons (Fsp3) is 0.250. The fourth-order valence-corrected chi connectivity index (χ4v) is 5.52. The quantitative estimate of drug-likeness (QED) is 0.223. The normalized spacial score (nSPS) is 15.0. The van der Waals surface area contributed by atoms with E-state index in [-0.39, 0.29) is 28.5 Å². The predicted octanol–water partition coefficient (Wildman–Crippen LogP) is 4.27. The average molecular weight is 563 g/mol. The van der Waals surface area contributed by atoms with Crippen molar-refractivity contribution in [3.8, 4) is 11.5 Å². The Hall–Kier alpha value is -4.42. The number of carbonyl (C=O) groups excluding carboxylic acids is 1. The second-order valence-corrected chi connectivity index (χ2v) is 11.0. The van der Waals surface area contributed by atoms with E-state index in [9.17, 15) is 13.2 Å². The molecule has 0 saturated carbocycles. The first kappa shape index (κ1) is 27.2. The summed E-state index contributed by atoms with van der Waals surface area (Å²) in [4.78, 5) is 21.6. The van der Waals surface area contributed by atoms with Gasteiger partial charge in [0.05, 0.1) is 30.1 Å². The van der Waals surface area contributed by atoms with Gasteiger partial charge in [-0.05, 0) is 49.7 Å². The van der Waals surface area contributed by atoms with Gasteiger partial charge in [-0.25, -0.2) is 18.4 Å². The van der Waals surface area contributed by atoms with Crippen molar-refractivity contribution in [3.63, 3.8) is 0 Å². The van der Waals surface area contributed by atoms with Crippen LogP contribution in [-0.2, 0) is 14.8 Å². The standard InChI is InChI=1S/C28H30N6O5S/c1-38-21-13-20(14-22(17-21)39-2)31-27-28(33-25-11-4-3-10-24(25)32-27)34-40(36,37)23-9-5-7-19(15-23)30-26(35)16-18-8-6-12-29-18/h3-5,7,9-11,13-15,17-18,29H,6,8,12,16H2,1-2H3,(H,30,35)(H,31,32)(H,33,34)/t18-/m1/s1. The van der Waals surface area contributed by atoms with Crippen LogP contribution in [0.2, 0.25) is 0 Å². The van der Waals surface area contributed by atoms with E-state index in [4.69, 9.17) is 9.47 Å². The number of nitrogens with zero attached hydrogens (tertiary/aromatic N) is 2. The molecule has 1 fully saturated rings. The molecule has 2 heterocycles. The Kier molecular flexibility index (Phi) is 7.99. The van der Waals surface area contributed by atoms with Crippen molar-refractivity contribution in [2.24, 2.45) is 0 Å². The summed E-state index contributed by atoms with van der Waals surface area (Å²) in [5.74, 6) is 1.09. The van der Waals surface area contributed by atoms with Crippen LogP contribution in [0.3, 0.4) is 0 Å². The molecule has 208 valence electrons. The Morgan fingerprint density at radius 2 is 1.62 bits per heavy atom. The van der Waals surface area contributed by atoms with Crippen molar-refractivity contribution in [1.82, 2.24) is 15.3 Å². The number of anilines is 4. The fourth-order valence-electron chi connectivity index (χ4n) is 4.47. The second-order valence-electron chi connectivity index (χ2n) is 9.31. The number of benzene rings is 3. The van der Waals surface area contributed by atoms with Gasteiger partial charge in [-0.3, -0.25) is 9.52 Å². The first-order valence-corrected chi connectivity index (χ1v) is 14.2. The summed E-state index contributed by atoms with van der Waals surface area (Å²) >= 11 is 0. The largest absolute Gasteiger partial charge is 0.497 e. The van der Waals surface area contributed by atoms with E-state index in [1.807, 2.05) is 6.07 Å². The molecule has 0 radical (unpaired) electrons. The molecule has 1 amide bonds. The monoisotopic (exact) mass is 562 g/mol. The third-order valence-electron chi connectivity index (χ3n) is 6.44. The van der Waals surface area contributed by atoms with Gasteiger partial charge in [0.2, 0.25) is 5.91 Å². The maximum atomic E-state index is 13.5. The van der Waals surface area contributed by atoms with Crippen LogP contribution >= 0.6 is 0 Å². The third-order valence-corrected chi connectivity index (χ3v) is 7.77. The zero-order chi connectivity index (χ0) is 28.1. The highest BCUT2D eigenvalue weighted by Crippen LogP contribution is 2.31. The number of sulfonamides is 1. The lowest BCUT2D eigenvalue weighted by atomic mass is 10.1. The van der Waals surface area contributed by atoms with Gasteiger partial charge in [0.25, 0.3) is 10.0 Å². The molecule has 0 unspecified atom stereocenters. The minimum absolute atomic E-state index is 0.00207. The van der Waals surface area contributed by atoms with Gasteiger partial charge in [-0.2, -0.15) is 0 Å². The van der Waals surface area contributed by atoms with E-state index in [1.54, 1.807) is 48.5 Å². The summed E-state index contributed by atoms with van der Waals surface area (Å²) in [7, 11) is -1.03.